The second-order valence-electron chi connectivity index (χ2n) is 4.39. The molecule has 0 saturated heterocycles. The van der Waals surface area contributed by atoms with Crippen LogP contribution in [0.25, 0.3) is 0 Å². The van der Waals surface area contributed by atoms with Crippen molar-refractivity contribution in [2.24, 2.45) is 5.92 Å². The van der Waals surface area contributed by atoms with E-state index >= 15 is 0 Å². The van der Waals surface area contributed by atoms with Gasteiger partial charge in [0.1, 0.15) is 11.8 Å². The fraction of sp³-hybridized carbons (Fsp3) is 0.875. The average molecular weight is 342 g/mol. The molecule has 1 radical (unpaired) electrons. The van der Waals surface area contributed by atoms with Gasteiger partial charge in [-0.2, -0.15) is 43.9 Å². The maximum absolute atomic E-state index is 13.1. The normalized spacial score (nSPS) is 40.8. The molecule has 0 bridgehead atoms. The quantitative estimate of drug-likeness (QED) is 0.493. The van der Waals surface area contributed by atoms with Crippen LogP contribution in [0.15, 0.2) is 0 Å². The van der Waals surface area contributed by atoms with Crippen molar-refractivity contribution in [1.82, 2.24) is 0 Å². The van der Waals surface area contributed by atoms with Crippen molar-refractivity contribution in [2.45, 2.75) is 34.7 Å². The first-order valence-electron chi connectivity index (χ1n) is 4.63. The van der Waals surface area contributed by atoms with E-state index in [4.69, 9.17) is 0 Å². The van der Waals surface area contributed by atoms with Crippen LogP contribution in [0.4, 0.5) is 48.3 Å². The predicted molar refractivity (Wildman–Crippen MR) is 41.2 cm³/mol. The topological polar surface area (TPSA) is 0 Å². The summed E-state index contributed by atoms with van der Waals surface area (Å²) < 4.78 is 140. The molecule has 2 fully saturated rings. The van der Waals surface area contributed by atoms with Gasteiger partial charge in [0, 0.05) is 0 Å². The van der Waals surface area contributed by atoms with Crippen molar-refractivity contribution in [3.63, 3.8) is 0 Å². The van der Waals surface area contributed by atoms with E-state index in [-0.39, 0.29) is 0 Å². The van der Waals surface area contributed by atoms with Crippen LogP contribution in [0.3, 0.4) is 0 Å². The average Bonchev–Trinajstić information content (AvgIpc) is 2.22. The molecule has 0 aromatic rings. The van der Waals surface area contributed by atoms with Crippen molar-refractivity contribution in [2.75, 3.05) is 0 Å². The molecule has 0 heterocycles. The van der Waals surface area contributed by atoms with Gasteiger partial charge in [-0.15, -0.1) is 0 Å². The highest BCUT2D eigenvalue weighted by molar-refractivity contribution is 6.26. The minimum absolute atomic E-state index is 3.14. The van der Waals surface area contributed by atoms with E-state index < -0.39 is 46.6 Å². The van der Waals surface area contributed by atoms with Gasteiger partial charge >= 0.3 is 29.6 Å². The minimum Gasteiger partial charge on any atom is -0.218 e. The third kappa shape index (κ3) is 1.19. The molecule has 0 amide bonds. The van der Waals surface area contributed by atoms with Crippen LogP contribution in [0, 0.1) is 11.8 Å². The third-order valence-corrected chi connectivity index (χ3v) is 3.76. The lowest BCUT2D eigenvalue weighted by Gasteiger charge is -2.60. The number of halogens is 12. The predicted octanol–water partition coefficient (Wildman–Crippen LogP) is 4.29. The molecule has 12 heteroatoms. The van der Waals surface area contributed by atoms with Gasteiger partial charge in [-0.05, 0) is 0 Å². The van der Waals surface area contributed by atoms with Gasteiger partial charge < -0.3 is 0 Å². The van der Waals surface area contributed by atoms with Gasteiger partial charge in [0.15, 0.2) is 0 Å². The van der Waals surface area contributed by atoms with Gasteiger partial charge in [0.2, 0.25) is 0 Å². The van der Waals surface area contributed by atoms with Gasteiger partial charge in [0.25, 0.3) is 5.13 Å². The minimum atomic E-state index is -6.08. The summed E-state index contributed by atoms with van der Waals surface area (Å²) in [6, 6.07) is 0. The van der Waals surface area contributed by atoms with Crippen molar-refractivity contribution < 1.29 is 48.3 Å². The van der Waals surface area contributed by atoms with Gasteiger partial charge in [-0.25, -0.2) is 4.39 Å². The summed E-state index contributed by atoms with van der Waals surface area (Å²) in [7, 11) is 0. The molecule has 2 rings (SSSR count). The van der Waals surface area contributed by atoms with Crippen LogP contribution < -0.4 is 0 Å². The van der Waals surface area contributed by atoms with E-state index in [1.807, 2.05) is 0 Å². The van der Waals surface area contributed by atoms with E-state index in [1.165, 1.54) is 0 Å². The summed E-state index contributed by atoms with van der Waals surface area (Å²) in [5.74, 6) is -36.9. The van der Waals surface area contributed by atoms with Gasteiger partial charge in [0.05, 0.1) is 0 Å². The first-order valence-corrected chi connectivity index (χ1v) is 5.01. The summed E-state index contributed by atoms with van der Waals surface area (Å²) in [5, 5.41) is -5.06. The second-order valence-corrected chi connectivity index (χ2v) is 4.91. The molecule has 0 aromatic heterocycles. The molecule has 20 heavy (non-hydrogen) atoms. The maximum Gasteiger partial charge on any atom is 0.373 e. The molecule has 2 saturated carbocycles. The first kappa shape index (κ1) is 15.9. The smallest absolute Gasteiger partial charge is 0.218 e. The molecular weight excluding hydrogens is 341 g/mol. The highest BCUT2D eigenvalue weighted by atomic mass is 35.5. The van der Waals surface area contributed by atoms with Gasteiger partial charge in [-0.1, -0.05) is 11.6 Å². The number of hydrogen-bond donors (Lipinski definition) is 0. The Labute approximate surface area is 107 Å². The zero-order valence-corrected chi connectivity index (χ0v) is 9.37. The van der Waals surface area contributed by atoms with E-state index in [0.717, 1.165) is 0 Å². The van der Waals surface area contributed by atoms with Crippen LogP contribution in [-0.4, -0.2) is 34.7 Å². The first-order chi connectivity index (χ1) is 8.49. The van der Waals surface area contributed by atoms with Crippen LogP contribution in [-0.2, 0) is 0 Å². The summed E-state index contributed by atoms with van der Waals surface area (Å²) in [6.07, 6.45) is 0. The number of alkyl halides is 12. The Hall–Kier alpha value is -0.480. The molecule has 117 valence electrons. The molecule has 2 aliphatic carbocycles. The Bertz CT molecular complexity index is 375. The molecule has 0 nitrogen and oxygen atoms in total. The number of rotatable bonds is 1. The lowest BCUT2D eigenvalue weighted by molar-refractivity contribution is -0.453. The Kier molecular flexibility index (Phi) is 2.62. The summed E-state index contributed by atoms with van der Waals surface area (Å²) >= 11 is 4.26. The monoisotopic (exact) mass is 341 g/mol. The van der Waals surface area contributed by atoms with E-state index in [2.05, 4.69) is 11.6 Å². The molecule has 0 aromatic carbocycles. The van der Waals surface area contributed by atoms with Crippen molar-refractivity contribution in [3.05, 3.63) is 5.92 Å². The lowest BCUT2D eigenvalue weighted by atomic mass is 9.55. The lowest BCUT2D eigenvalue weighted by Crippen LogP contribution is -2.85. The molecule has 1 unspecified atom stereocenters. The second kappa shape index (κ2) is 3.30. The maximum atomic E-state index is 13.1. The summed E-state index contributed by atoms with van der Waals surface area (Å²) in [5.41, 5.74) is 0. The largest absolute Gasteiger partial charge is 0.373 e. The Morgan fingerprint density at radius 2 is 1.00 bits per heavy atom. The highest BCUT2D eigenvalue weighted by Gasteiger charge is 3.01. The van der Waals surface area contributed by atoms with E-state index in [9.17, 15) is 48.3 Å². The van der Waals surface area contributed by atoms with Gasteiger partial charge in [-0.3, -0.25) is 0 Å². The molecule has 0 N–H and O–H groups in total. The van der Waals surface area contributed by atoms with Crippen molar-refractivity contribution in [1.29, 1.82) is 0 Å². The van der Waals surface area contributed by atoms with E-state index in [1.54, 1.807) is 0 Å². The SMILES string of the molecule is FC1(F)[C](C2C(F)(F)C(F)(F)C2(F)F)C(F)(Cl)C1(F)F. The van der Waals surface area contributed by atoms with Crippen LogP contribution in [0.1, 0.15) is 0 Å². The van der Waals surface area contributed by atoms with E-state index in [0.29, 0.717) is 0 Å². The standard InChI is InChI=1S/C8HClF11/c9-3(10)1(4(11,12)7(3,17)18)2-5(13,14)8(19,20)6(2,15)16/h2H. The Balaban J connectivity index is 2.49. The molecule has 0 spiro atoms. The molecule has 0 aliphatic heterocycles. The number of hydrogen-bond acceptors (Lipinski definition) is 0. The third-order valence-electron chi connectivity index (χ3n) is 3.32. The fourth-order valence-corrected chi connectivity index (χ4v) is 2.48. The van der Waals surface area contributed by atoms with Crippen LogP contribution in [0.5, 0.6) is 0 Å². The fourth-order valence-electron chi connectivity index (χ4n) is 2.13. The molecule has 1 atom stereocenters. The highest BCUT2D eigenvalue weighted by Crippen LogP contribution is 2.78. The summed E-state index contributed by atoms with van der Waals surface area (Å²) in [4.78, 5) is 0. The van der Waals surface area contributed by atoms with Crippen molar-refractivity contribution >= 4 is 11.6 Å². The Morgan fingerprint density at radius 1 is 0.650 bits per heavy atom. The Morgan fingerprint density at radius 3 is 1.30 bits per heavy atom. The summed E-state index contributed by atoms with van der Waals surface area (Å²) in [6.45, 7) is 0. The zero-order chi connectivity index (χ0) is 16.2. The molecule has 2 aliphatic rings. The van der Waals surface area contributed by atoms with Crippen molar-refractivity contribution in [3.8, 4) is 0 Å². The molecular formula is C8HClF11. The van der Waals surface area contributed by atoms with Crippen LogP contribution >= 0.6 is 11.6 Å². The van der Waals surface area contributed by atoms with Crippen LogP contribution in [0.2, 0.25) is 0 Å². The zero-order valence-electron chi connectivity index (χ0n) is 8.61.